The number of carbonyl (C=O) groups excluding carboxylic acids is 3. The van der Waals surface area contributed by atoms with Crippen LogP contribution in [0.3, 0.4) is 0 Å². The molecular formula is C30H41N3O5. The second-order valence-corrected chi connectivity index (χ2v) is 11.1. The normalized spacial score (nSPS) is 15.6. The standard InChI is InChI=1S/C30H41N3O5/c1-6-11-20(2)31-27(35)26(22-14-10-15-24(34)19-22)33(23-16-17-23)28(36)25(18-21-12-8-7-9-13-21)32-29(37)38-30(3,4)5/h7-10,12-15,19-20,23,25-26,34H,6,11,16-18H2,1-5H3,(H,31,35)(H,32,37). The van der Waals surface area contributed by atoms with E-state index in [0.29, 0.717) is 5.56 Å². The number of hydrogen-bond acceptors (Lipinski definition) is 5. The van der Waals surface area contributed by atoms with Gasteiger partial charge in [-0.15, -0.1) is 0 Å². The lowest BCUT2D eigenvalue weighted by Crippen LogP contribution is -2.55. The molecule has 3 atom stereocenters. The molecule has 0 saturated heterocycles. The molecule has 2 aromatic carbocycles. The predicted molar refractivity (Wildman–Crippen MR) is 147 cm³/mol. The Morgan fingerprint density at radius 1 is 1.05 bits per heavy atom. The topological polar surface area (TPSA) is 108 Å². The lowest BCUT2D eigenvalue weighted by atomic mass is 9.99. The van der Waals surface area contributed by atoms with Crippen LogP contribution in [0.4, 0.5) is 4.79 Å². The molecule has 0 aliphatic heterocycles. The lowest BCUT2D eigenvalue weighted by Gasteiger charge is -2.35. The molecule has 1 aliphatic carbocycles. The molecule has 38 heavy (non-hydrogen) atoms. The fourth-order valence-electron chi connectivity index (χ4n) is 4.51. The van der Waals surface area contributed by atoms with Gasteiger partial charge in [0.2, 0.25) is 11.8 Å². The Morgan fingerprint density at radius 3 is 2.32 bits per heavy atom. The highest BCUT2D eigenvalue weighted by Crippen LogP contribution is 2.36. The molecule has 0 heterocycles. The Kier molecular flexibility index (Phi) is 9.78. The van der Waals surface area contributed by atoms with Crippen LogP contribution in [0.1, 0.15) is 77.5 Å². The Bertz CT molecular complexity index is 1090. The van der Waals surface area contributed by atoms with Gasteiger partial charge < -0.3 is 25.4 Å². The van der Waals surface area contributed by atoms with Gasteiger partial charge in [0.25, 0.3) is 0 Å². The third-order valence-corrected chi connectivity index (χ3v) is 6.29. The van der Waals surface area contributed by atoms with E-state index < -0.39 is 23.8 Å². The van der Waals surface area contributed by atoms with Crippen LogP contribution in [-0.2, 0) is 20.7 Å². The van der Waals surface area contributed by atoms with E-state index in [0.717, 1.165) is 31.2 Å². The average Bonchev–Trinajstić information content (AvgIpc) is 3.66. The number of phenols is 1. The minimum Gasteiger partial charge on any atom is -0.508 e. The third kappa shape index (κ3) is 8.50. The number of ether oxygens (including phenoxy) is 1. The number of carbonyl (C=O) groups is 3. The molecule has 8 heteroatoms. The summed E-state index contributed by atoms with van der Waals surface area (Å²) in [4.78, 5) is 42.4. The summed E-state index contributed by atoms with van der Waals surface area (Å²) in [6, 6.07) is 13.7. The van der Waals surface area contributed by atoms with Gasteiger partial charge in [-0.2, -0.15) is 0 Å². The average molecular weight is 524 g/mol. The van der Waals surface area contributed by atoms with Gasteiger partial charge >= 0.3 is 6.09 Å². The number of rotatable bonds is 11. The number of aromatic hydroxyl groups is 1. The third-order valence-electron chi connectivity index (χ3n) is 6.29. The van der Waals surface area contributed by atoms with E-state index in [2.05, 4.69) is 10.6 Å². The number of nitrogens with one attached hydrogen (secondary N) is 2. The summed E-state index contributed by atoms with van der Waals surface area (Å²) < 4.78 is 5.47. The quantitative estimate of drug-likeness (QED) is 0.390. The van der Waals surface area contributed by atoms with Crippen LogP contribution in [0.15, 0.2) is 54.6 Å². The number of phenolic OH excluding ortho intramolecular Hbond substituents is 1. The molecule has 0 radical (unpaired) electrons. The Hall–Kier alpha value is -3.55. The van der Waals surface area contributed by atoms with E-state index in [9.17, 15) is 19.5 Å². The van der Waals surface area contributed by atoms with Gasteiger partial charge in [0.1, 0.15) is 23.4 Å². The zero-order valence-corrected chi connectivity index (χ0v) is 23.1. The molecule has 206 valence electrons. The fraction of sp³-hybridized carbons (Fsp3) is 0.500. The lowest BCUT2D eigenvalue weighted by molar-refractivity contribution is -0.143. The van der Waals surface area contributed by atoms with Gasteiger partial charge in [-0.3, -0.25) is 9.59 Å². The monoisotopic (exact) mass is 523 g/mol. The smallest absolute Gasteiger partial charge is 0.408 e. The number of hydrogen-bond donors (Lipinski definition) is 3. The second kappa shape index (κ2) is 12.8. The van der Waals surface area contributed by atoms with Gasteiger partial charge in [0.05, 0.1) is 0 Å². The molecule has 2 aromatic rings. The van der Waals surface area contributed by atoms with E-state index >= 15 is 0 Å². The SMILES string of the molecule is CCCC(C)NC(=O)C(c1cccc(O)c1)N(C(=O)C(Cc1ccccc1)NC(=O)OC(C)(C)C)C1CC1. The van der Waals surface area contributed by atoms with Crippen molar-refractivity contribution >= 4 is 17.9 Å². The van der Waals surface area contributed by atoms with Crippen LogP contribution in [-0.4, -0.2) is 51.6 Å². The summed E-state index contributed by atoms with van der Waals surface area (Å²) in [7, 11) is 0. The predicted octanol–water partition coefficient (Wildman–Crippen LogP) is 4.87. The highest BCUT2D eigenvalue weighted by molar-refractivity contribution is 5.93. The zero-order chi connectivity index (χ0) is 27.9. The minimum absolute atomic E-state index is 0.0119. The van der Waals surface area contributed by atoms with E-state index in [1.807, 2.05) is 44.2 Å². The van der Waals surface area contributed by atoms with Crippen molar-refractivity contribution < 1.29 is 24.2 Å². The second-order valence-electron chi connectivity index (χ2n) is 11.1. The summed E-state index contributed by atoms with van der Waals surface area (Å²) >= 11 is 0. The van der Waals surface area contributed by atoms with Gasteiger partial charge in [0.15, 0.2) is 0 Å². The van der Waals surface area contributed by atoms with Gasteiger partial charge in [-0.1, -0.05) is 55.8 Å². The van der Waals surface area contributed by atoms with Crippen molar-refractivity contribution in [3.63, 3.8) is 0 Å². The number of amides is 3. The Balaban J connectivity index is 1.99. The zero-order valence-electron chi connectivity index (χ0n) is 23.1. The molecular weight excluding hydrogens is 482 g/mol. The first-order valence-electron chi connectivity index (χ1n) is 13.4. The van der Waals surface area contributed by atoms with Crippen molar-refractivity contribution in [1.29, 1.82) is 0 Å². The molecule has 1 fully saturated rings. The molecule has 3 amide bonds. The molecule has 1 aliphatic rings. The number of alkyl carbamates (subject to hydrolysis) is 1. The van der Waals surface area contributed by atoms with Crippen LogP contribution in [0.2, 0.25) is 0 Å². The number of benzene rings is 2. The molecule has 3 rings (SSSR count). The van der Waals surface area contributed by atoms with Crippen LogP contribution < -0.4 is 10.6 Å². The van der Waals surface area contributed by atoms with Crippen LogP contribution >= 0.6 is 0 Å². The van der Waals surface area contributed by atoms with Crippen molar-refractivity contribution in [2.45, 2.75) is 96.5 Å². The minimum atomic E-state index is -0.958. The van der Waals surface area contributed by atoms with E-state index in [-0.39, 0.29) is 36.1 Å². The van der Waals surface area contributed by atoms with Crippen LogP contribution in [0.25, 0.3) is 0 Å². The fourth-order valence-corrected chi connectivity index (χ4v) is 4.51. The van der Waals surface area contributed by atoms with Crippen LogP contribution in [0.5, 0.6) is 5.75 Å². The Labute approximate surface area is 225 Å². The van der Waals surface area contributed by atoms with Crippen molar-refractivity contribution in [2.75, 3.05) is 0 Å². The molecule has 0 aromatic heterocycles. The first kappa shape index (κ1) is 29.0. The summed E-state index contributed by atoms with van der Waals surface area (Å²) in [5.74, 6) is -0.667. The highest BCUT2D eigenvalue weighted by atomic mass is 16.6. The highest BCUT2D eigenvalue weighted by Gasteiger charge is 2.44. The van der Waals surface area contributed by atoms with Crippen molar-refractivity contribution in [1.82, 2.24) is 15.5 Å². The van der Waals surface area contributed by atoms with Gasteiger partial charge in [0, 0.05) is 18.5 Å². The van der Waals surface area contributed by atoms with Crippen molar-refractivity contribution in [2.24, 2.45) is 0 Å². The summed E-state index contributed by atoms with van der Waals surface area (Å²) in [6.45, 7) is 9.27. The molecule has 3 unspecified atom stereocenters. The Morgan fingerprint density at radius 2 is 1.74 bits per heavy atom. The number of nitrogens with zero attached hydrogens (tertiary/aromatic N) is 1. The first-order valence-corrected chi connectivity index (χ1v) is 13.4. The van der Waals surface area contributed by atoms with E-state index in [1.165, 1.54) is 12.1 Å². The molecule has 1 saturated carbocycles. The maximum absolute atomic E-state index is 14.3. The van der Waals surface area contributed by atoms with Crippen LogP contribution in [0, 0.1) is 0 Å². The van der Waals surface area contributed by atoms with Crippen molar-refractivity contribution in [3.05, 3.63) is 65.7 Å². The van der Waals surface area contributed by atoms with Gasteiger partial charge in [-0.05, 0) is 70.2 Å². The summed E-state index contributed by atoms with van der Waals surface area (Å²) in [6.07, 6.45) is 2.75. The van der Waals surface area contributed by atoms with E-state index in [1.54, 1.807) is 37.8 Å². The van der Waals surface area contributed by atoms with Gasteiger partial charge in [-0.25, -0.2) is 4.79 Å². The first-order chi connectivity index (χ1) is 18.0. The molecule has 0 spiro atoms. The summed E-state index contributed by atoms with van der Waals surface area (Å²) in [5.41, 5.74) is 0.648. The molecule has 3 N–H and O–H groups in total. The van der Waals surface area contributed by atoms with Crippen molar-refractivity contribution in [3.8, 4) is 5.75 Å². The maximum atomic E-state index is 14.3. The molecule has 0 bridgehead atoms. The largest absolute Gasteiger partial charge is 0.508 e. The summed E-state index contributed by atoms with van der Waals surface area (Å²) in [5, 5.41) is 16.0. The molecule has 8 nitrogen and oxygen atoms in total. The van der Waals surface area contributed by atoms with E-state index in [4.69, 9.17) is 4.74 Å². The maximum Gasteiger partial charge on any atom is 0.408 e.